The van der Waals surface area contributed by atoms with Gasteiger partial charge in [0.2, 0.25) is 0 Å². The molecule has 1 atom stereocenters. The van der Waals surface area contributed by atoms with Crippen molar-refractivity contribution in [3.8, 4) is 11.5 Å². The van der Waals surface area contributed by atoms with Crippen molar-refractivity contribution in [2.75, 3.05) is 44.8 Å². The van der Waals surface area contributed by atoms with Crippen molar-refractivity contribution >= 4 is 17.6 Å². The number of anilines is 1. The minimum atomic E-state index is -0.780. The van der Waals surface area contributed by atoms with Crippen LogP contribution in [0, 0.1) is 0 Å². The van der Waals surface area contributed by atoms with Gasteiger partial charge in [0.05, 0.1) is 7.11 Å². The summed E-state index contributed by atoms with van der Waals surface area (Å²) in [6.07, 6.45) is -0.780. The van der Waals surface area contributed by atoms with Gasteiger partial charge in [-0.15, -0.1) is 0 Å². The summed E-state index contributed by atoms with van der Waals surface area (Å²) in [6, 6.07) is 16.9. The van der Waals surface area contributed by atoms with Crippen molar-refractivity contribution in [2.45, 2.75) is 13.0 Å². The van der Waals surface area contributed by atoms with Crippen LogP contribution in [0.5, 0.6) is 11.5 Å². The van der Waals surface area contributed by atoms with Crippen molar-refractivity contribution in [3.63, 3.8) is 0 Å². The average molecular weight is 398 g/mol. The first-order valence-corrected chi connectivity index (χ1v) is 9.62. The number of methoxy groups -OCH3 is 1. The summed E-state index contributed by atoms with van der Waals surface area (Å²) >= 11 is 0. The number of esters is 1. The molecule has 0 radical (unpaired) electrons. The van der Waals surface area contributed by atoms with Gasteiger partial charge >= 0.3 is 5.97 Å². The molecule has 0 saturated carbocycles. The van der Waals surface area contributed by atoms with E-state index in [0.29, 0.717) is 18.8 Å². The highest BCUT2D eigenvalue weighted by atomic mass is 16.6. The summed E-state index contributed by atoms with van der Waals surface area (Å²) in [5.41, 5.74) is 1.09. The molecule has 1 aliphatic heterocycles. The van der Waals surface area contributed by atoms with Crippen molar-refractivity contribution in [1.82, 2.24) is 4.90 Å². The van der Waals surface area contributed by atoms with Crippen LogP contribution in [-0.4, -0.2) is 62.8 Å². The van der Waals surface area contributed by atoms with Gasteiger partial charge in [0.25, 0.3) is 5.91 Å². The number of amides is 1. The number of hydrogen-bond donors (Lipinski definition) is 0. The Bertz CT molecular complexity index is 802. The summed E-state index contributed by atoms with van der Waals surface area (Å²) in [5, 5.41) is 0. The Hall–Kier alpha value is -3.22. The van der Waals surface area contributed by atoms with E-state index in [0.717, 1.165) is 24.5 Å². The Morgan fingerprint density at radius 1 is 0.931 bits per heavy atom. The van der Waals surface area contributed by atoms with Crippen LogP contribution < -0.4 is 14.4 Å². The van der Waals surface area contributed by atoms with Crippen LogP contribution in [0.4, 0.5) is 5.69 Å². The van der Waals surface area contributed by atoms with Gasteiger partial charge in [-0.1, -0.05) is 18.2 Å². The number of ether oxygens (including phenoxy) is 3. The summed E-state index contributed by atoms with van der Waals surface area (Å²) in [7, 11) is 1.64. The SMILES string of the molecule is COc1ccc(N2CCN(C(=O)COC(=O)[C@H](C)Oc3ccccc3)CC2)cc1. The number of carbonyl (C=O) groups is 2. The predicted molar refractivity (Wildman–Crippen MR) is 109 cm³/mol. The van der Waals surface area contributed by atoms with E-state index < -0.39 is 12.1 Å². The van der Waals surface area contributed by atoms with Crippen LogP contribution >= 0.6 is 0 Å². The molecule has 0 bridgehead atoms. The highest BCUT2D eigenvalue weighted by Gasteiger charge is 2.24. The molecular weight excluding hydrogens is 372 g/mol. The van der Waals surface area contributed by atoms with E-state index in [2.05, 4.69) is 4.90 Å². The fourth-order valence-electron chi connectivity index (χ4n) is 3.10. The smallest absolute Gasteiger partial charge is 0.347 e. The Morgan fingerprint density at radius 3 is 2.21 bits per heavy atom. The topological polar surface area (TPSA) is 68.3 Å². The van der Waals surface area contributed by atoms with Crippen molar-refractivity contribution in [2.24, 2.45) is 0 Å². The van der Waals surface area contributed by atoms with E-state index in [-0.39, 0.29) is 12.5 Å². The maximum absolute atomic E-state index is 12.4. The molecule has 2 aromatic carbocycles. The molecule has 7 nitrogen and oxygen atoms in total. The maximum atomic E-state index is 12.4. The number of carbonyl (C=O) groups excluding carboxylic acids is 2. The van der Waals surface area contributed by atoms with E-state index in [9.17, 15) is 9.59 Å². The molecule has 2 aromatic rings. The van der Waals surface area contributed by atoms with Gasteiger partial charge in [0.1, 0.15) is 11.5 Å². The van der Waals surface area contributed by atoms with Gasteiger partial charge in [0.15, 0.2) is 12.7 Å². The van der Waals surface area contributed by atoms with Gasteiger partial charge in [0, 0.05) is 31.9 Å². The second-order valence-corrected chi connectivity index (χ2v) is 6.75. The van der Waals surface area contributed by atoms with E-state index >= 15 is 0 Å². The Labute approximate surface area is 170 Å². The highest BCUT2D eigenvalue weighted by molar-refractivity contribution is 5.82. The molecule has 1 fully saturated rings. The quantitative estimate of drug-likeness (QED) is 0.667. The summed E-state index contributed by atoms with van der Waals surface area (Å²) in [4.78, 5) is 28.4. The lowest BCUT2D eigenvalue weighted by Crippen LogP contribution is -2.50. The van der Waals surface area contributed by atoms with E-state index in [1.165, 1.54) is 0 Å². The van der Waals surface area contributed by atoms with Crippen molar-refractivity contribution in [3.05, 3.63) is 54.6 Å². The number of benzene rings is 2. The fourth-order valence-corrected chi connectivity index (χ4v) is 3.10. The molecule has 7 heteroatoms. The molecule has 1 saturated heterocycles. The number of nitrogens with zero attached hydrogens (tertiary/aromatic N) is 2. The van der Waals surface area contributed by atoms with Gasteiger partial charge in [-0.05, 0) is 43.3 Å². The Morgan fingerprint density at radius 2 is 1.59 bits per heavy atom. The molecule has 1 amide bonds. The molecule has 1 aliphatic rings. The van der Waals surface area contributed by atoms with E-state index in [1.54, 1.807) is 31.1 Å². The normalized spacial score (nSPS) is 14.8. The molecule has 0 aromatic heterocycles. The van der Waals surface area contributed by atoms with Crippen molar-refractivity contribution in [1.29, 1.82) is 0 Å². The third kappa shape index (κ3) is 5.63. The zero-order valence-electron chi connectivity index (χ0n) is 16.7. The number of para-hydroxylation sites is 1. The standard InChI is InChI=1S/C22H26N2O5/c1-17(29-20-6-4-3-5-7-20)22(26)28-16-21(25)24-14-12-23(13-15-24)18-8-10-19(27-2)11-9-18/h3-11,17H,12-16H2,1-2H3/t17-/m0/s1. The summed E-state index contributed by atoms with van der Waals surface area (Å²) in [5.74, 6) is 0.645. The first-order valence-electron chi connectivity index (χ1n) is 9.62. The van der Waals surface area contributed by atoms with Crippen molar-refractivity contribution < 1.29 is 23.8 Å². The third-order valence-corrected chi connectivity index (χ3v) is 4.80. The molecule has 0 aliphatic carbocycles. The zero-order valence-corrected chi connectivity index (χ0v) is 16.7. The molecule has 3 rings (SSSR count). The Balaban J connectivity index is 1.41. The van der Waals surface area contributed by atoms with Gasteiger partial charge in [-0.2, -0.15) is 0 Å². The molecular formula is C22H26N2O5. The van der Waals surface area contributed by atoms with E-state index in [1.807, 2.05) is 42.5 Å². The lowest BCUT2D eigenvalue weighted by atomic mass is 10.2. The second-order valence-electron chi connectivity index (χ2n) is 6.75. The zero-order chi connectivity index (χ0) is 20.6. The number of piperazine rings is 1. The summed E-state index contributed by atoms with van der Waals surface area (Å²) in [6.45, 7) is 3.94. The average Bonchev–Trinajstić information content (AvgIpc) is 2.78. The van der Waals surface area contributed by atoms with Crippen LogP contribution in [0.3, 0.4) is 0 Å². The molecule has 0 spiro atoms. The number of rotatable bonds is 7. The molecule has 154 valence electrons. The second kappa shape index (κ2) is 9.82. The minimum Gasteiger partial charge on any atom is -0.497 e. The number of hydrogen-bond acceptors (Lipinski definition) is 6. The van der Waals surface area contributed by atoms with Crippen LogP contribution in [0.25, 0.3) is 0 Å². The largest absolute Gasteiger partial charge is 0.497 e. The molecule has 29 heavy (non-hydrogen) atoms. The Kier molecular flexibility index (Phi) is 6.94. The predicted octanol–water partition coefficient (Wildman–Crippen LogP) is 2.35. The minimum absolute atomic E-state index is 0.195. The first-order chi connectivity index (χ1) is 14.1. The van der Waals surface area contributed by atoms with Gasteiger partial charge in [-0.3, -0.25) is 4.79 Å². The first kappa shape index (κ1) is 20.5. The van der Waals surface area contributed by atoms with Gasteiger partial charge < -0.3 is 24.0 Å². The lowest BCUT2D eigenvalue weighted by Gasteiger charge is -2.36. The monoisotopic (exact) mass is 398 g/mol. The van der Waals surface area contributed by atoms with Gasteiger partial charge in [-0.25, -0.2) is 4.79 Å². The molecule has 0 N–H and O–H groups in total. The van der Waals surface area contributed by atoms with Crippen LogP contribution in [0.2, 0.25) is 0 Å². The summed E-state index contributed by atoms with van der Waals surface area (Å²) < 4.78 is 15.8. The van der Waals surface area contributed by atoms with Crippen LogP contribution in [0.15, 0.2) is 54.6 Å². The van der Waals surface area contributed by atoms with E-state index in [4.69, 9.17) is 14.2 Å². The lowest BCUT2D eigenvalue weighted by molar-refractivity contribution is -0.157. The molecule has 1 heterocycles. The molecule has 0 unspecified atom stereocenters. The van der Waals surface area contributed by atoms with Crippen LogP contribution in [0.1, 0.15) is 6.92 Å². The maximum Gasteiger partial charge on any atom is 0.347 e. The highest BCUT2D eigenvalue weighted by Crippen LogP contribution is 2.20. The third-order valence-electron chi connectivity index (χ3n) is 4.80. The fraction of sp³-hybridized carbons (Fsp3) is 0.364. The van der Waals surface area contributed by atoms with Crippen LogP contribution in [-0.2, 0) is 14.3 Å².